The Labute approximate surface area is 118 Å². The topological polar surface area (TPSA) is 32.5 Å². The van der Waals surface area contributed by atoms with E-state index in [9.17, 15) is 0 Å². The van der Waals surface area contributed by atoms with E-state index in [2.05, 4.69) is 58.0 Å². The Balaban J connectivity index is 2.24. The lowest BCUT2D eigenvalue weighted by molar-refractivity contribution is 0.372. The van der Waals surface area contributed by atoms with Gasteiger partial charge in [0, 0.05) is 35.8 Å². The zero-order chi connectivity index (χ0) is 13.1. The minimum absolute atomic E-state index is 0.597. The van der Waals surface area contributed by atoms with E-state index >= 15 is 0 Å². The Kier molecular flexibility index (Phi) is 4.65. The number of anilines is 1. The van der Waals surface area contributed by atoms with Gasteiger partial charge >= 0.3 is 0 Å². The molecule has 2 rings (SSSR count). The van der Waals surface area contributed by atoms with E-state index in [-0.39, 0.29) is 0 Å². The summed E-state index contributed by atoms with van der Waals surface area (Å²) in [6, 6.07) is 7.06. The van der Waals surface area contributed by atoms with E-state index in [1.165, 1.54) is 24.1 Å². The molecule has 0 aromatic heterocycles. The first-order chi connectivity index (χ1) is 8.61. The van der Waals surface area contributed by atoms with Crippen LogP contribution in [0.2, 0.25) is 0 Å². The first-order valence-electron chi connectivity index (χ1n) is 6.51. The number of hydrogen-bond acceptors (Lipinski definition) is 3. The van der Waals surface area contributed by atoms with E-state index in [1.807, 2.05) is 0 Å². The average Bonchev–Trinajstić information content (AvgIpc) is 2.76. The summed E-state index contributed by atoms with van der Waals surface area (Å²) in [4.78, 5) is 4.79. The van der Waals surface area contributed by atoms with Gasteiger partial charge in [-0.3, -0.25) is 0 Å². The summed E-state index contributed by atoms with van der Waals surface area (Å²) in [5, 5.41) is 0. The van der Waals surface area contributed by atoms with Crippen LogP contribution in [0.1, 0.15) is 18.4 Å². The number of likely N-dealkylation sites (N-methyl/N-ethyl adjacent to an activating group) is 1. The van der Waals surface area contributed by atoms with E-state index in [0.29, 0.717) is 12.6 Å². The van der Waals surface area contributed by atoms with Crippen LogP contribution in [0, 0.1) is 0 Å². The van der Waals surface area contributed by atoms with Gasteiger partial charge < -0.3 is 15.5 Å². The van der Waals surface area contributed by atoms with Gasteiger partial charge in [0.05, 0.1) is 0 Å². The Morgan fingerprint density at radius 1 is 1.44 bits per heavy atom. The molecule has 1 saturated heterocycles. The standard InChI is InChI=1S/C14H22BrN3/c1-17(2)10-13-4-3-7-18(13)14-6-5-12(15)8-11(14)9-16/h5-6,8,13H,3-4,7,9-10,16H2,1-2H3. The van der Waals surface area contributed by atoms with Gasteiger partial charge in [0.2, 0.25) is 0 Å². The quantitative estimate of drug-likeness (QED) is 0.927. The van der Waals surface area contributed by atoms with E-state index < -0.39 is 0 Å². The number of halogens is 1. The first kappa shape index (κ1) is 13.8. The van der Waals surface area contributed by atoms with Gasteiger partial charge in [0.1, 0.15) is 0 Å². The summed E-state index contributed by atoms with van der Waals surface area (Å²) in [5.74, 6) is 0. The SMILES string of the molecule is CN(C)CC1CCCN1c1ccc(Br)cc1CN. The van der Waals surface area contributed by atoms with Gasteiger partial charge in [-0.1, -0.05) is 15.9 Å². The molecule has 2 N–H and O–H groups in total. The molecule has 1 aromatic rings. The van der Waals surface area contributed by atoms with Gasteiger partial charge in [-0.25, -0.2) is 0 Å². The molecule has 1 aliphatic heterocycles. The summed E-state index contributed by atoms with van der Waals surface area (Å²) in [5.41, 5.74) is 8.42. The molecule has 1 atom stereocenters. The van der Waals surface area contributed by atoms with Gasteiger partial charge in [0.25, 0.3) is 0 Å². The van der Waals surface area contributed by atoms with Crippen molar-refractivity contribution in [3.05, 3.63) is 28.2 Å². The lowest BCUT2D eigenvalue weighted by atomic mass is 10.1. The molecule has 0 amide bonds. The van der Waals surface area contributed by atoms with E-state index in [4.69, 9.17) is 5.73 Å². The lowest BCUT2D eigenvalue weighted by Gasteiger charge is -2.30. The summed E-state index contributed by atoms with van der Waals surface area (Å²) in [6.07, 6.45) is 2.55. The number of nitrogens with two attached hydrogens (primary N) is 1. The first-order valence-corrected chi connectivity index (χ1v) is 7.31. The zero-order valence-electron chi connectivity index (χ0n) is 11.2. The van der Waals surface area contributed by atoms with Crippen LogP contribution in [0.3, 0.4) is 0 Å². The molecule has 0 saturated carbocycles. The zero-order valence-corrected chi connectivity index (χ0v) is 12.8. The van der Waals surface area contributed by atoms with Gasteiger partial charge in [-0.05, 0) is 50.7 Å². The van der Waals surface area contributed by atoms with Crippen LogP contribution in [0.15, 0.2) is 22.7 Å². The van der Waals surface area contributed by atoms with Gasteiger partial charge in [0.15, 0.2) is 0 Å². The molecule has 1 aliphatic rings. The fourth-order valence-electron chi connectivity index (χ4n) is 2.76. The van der Waals surface area contributed by atoms with Crippen molar-refractivity contribution >= 4 is 21.6 Å². The maximum absolute atomic E-state index is 5.88. The predicted molar refractivity (Wildman–Crippen MR) is 81.0 cm³/mol. The average molecular weight is 312 g/mol. The Morgan fingerprint density at radius 3 is 2.89 bits per heavy atom. The second kappa shape index (κ2) is 6.04. The molecular formula is C14H22BrN3. The van der Waals surface area contributed by atoms with Crippen molar-refractivity contribution in [2.24, 2.45) is 5.73 Å². The maximum Gasteiger partial charge on any atom is 0.0417 e. The predicted octanol–water partition coefficient (Wildman–Crippen LogP) is 2.44. The van der Waals surface area contributed by atoms with Crippen molar-refractivity contribution in [1.82, 2.24) is 4.90 Å². The third kappa shape index (κ3) is 3.05. The van der Waals surface area contributed by atoms with Crippen molar-refractivity contribution in [2.75, 3.05) is 32.1 Å². The molecule has 3 nitrogen and oxygen atoms in total. The summed E-state index contributed by atoms with van der Waals surface area (Å²) in [6.45, 7) is 2.85. The third-order valence-corrected chi connectivity index (χ3v) is 4.02. The summed E-state index contributed by atoms with van der Waals surface area (Å²) in [7, 11) is 4.28. The monoisotopic (exact) mass is 311 g/mol. The number of benzene rings is 1. The van der Waals surface area contributed by atoms with Gasteiger partial charge in [-0.15, -0.1) is 0 Å². The molecule has 1 aromatic carbocycles. The van der Waals surface area contributed by atoms with E-state index in [0.717, 1.165) is 17.6 Å². The molecule has 4 heteroatoms. The highest BCUT2D eigenvalue weighted by molar-refractivity contribution is 9.10. The highest BCUT2D eigenvalue weighted by atomic mass is 79.9. The Hall–Kier alpha value is -0.580. The largest absolute Gasteiger partial charge is 0.367 e. The van der Waals surface area contributed by atoms with E-state index in [1.54, 1.807) is 0 Å². The highest BCUT2D eigenvalue weighted by Gasteiger charge is 2.26. The molecule has 0 spiro atoms. The summed E-state index contributed by atoms with van der Waals surface area (Å²) >= 11 is 3.52. The highest BCUT2D eigenvalue weighted by Crippen LogP contribution is 2.30. The van der Waals surface area contributed by atoms with Crippen molar-refractivity contribution in [2.45, 2.75) is 25.4 Å². The maximum atomic E-state index is 5.88. The van der Waals surface area contributed by atoms with Crippen LogP contribution >= 0.6 is 15.9 Å². The fraction of sp³-hybridized carbons (Fsp3) is 0.571. The summed E-state index contributed by atoms with van der Waals surface area (Å²) < 4.78 is 1.11. The molecule has 0 radical (unpaired) electrons. The molecule has 0 aliphatic carbocycles. The third-order valence-electron chi connectivity index (χ3n) is 3.52. The van der Waals surface area contributed by atoms with Crippen LogP contribution < -0.4 is 10.6 Å². The Bertz CT molecular complexity index is 406. The fourth-order valence-corrected chi connectivity index (χ4v) is 3.17. The number of rotatable bonds is 4. The van der Waals surface area contributed by atoms with Crippen LogP contribution in [-0.4, -0.2) is 38.1 Å². The van der Waals surface area contributed by atoms with Crippen LogP contribution in [-0.2, 0) is 6.54 Å². The minimum atomic E-state index is 0.597. The second-order valence-corrected chi connectivity index (χ2v) is 6.14. The molecule has 1 unspecified atom stereocenters. The molecule has 18 heavy (non-hydrogen) atoms. The molecular weight excluding hydrogens is 290 g/mol. The van der Waals surface area contributed by atoms with Crippen LogP contribution in [0.25, 0.3) is 0 Å². The minimum Gasteiger partial charge on any atom is -0.367 e. The van der Waals surface area contributed by atoms with Crippen LogP contribution in [0.4, 0.5) is 5.69 Å². The smallest absolute Gasteiger partial charge is 0.0417 e. The number of hydrogen-bond donors (Lipinski definition) is 1. The van der Waals surface area contributed by atoms with Gasteiger partial charge in [-0.2, -0.15) is 0 Å². The van der Waals surface area contributed by atoms with Crippen molar-refractivity contribution < 1.29 is 0 Å². The molecule has 100 valence electrons. The molecule has 1 heterocycles. The second-order valence-electron chi connectivity index (χ2n) is 5.23. The van der Waals surface area contributed by atoms with Crippen molar-refractivity contribution in [3.8, 4) is 0 Å². The molecule has 0 bridgehead atoms. The lowest BCUT2D eigenvalue weighted by Crippen LogP contribution is -2.38. The molecule has 1 fully saturated rings. The van der Waals surface area contributed by atoms with Crippen molar-refractivity contribution in [3.63, 3.8) is 0 Å². The van der Waals surface area contributed by atoms with Crippen molar-refractivity contribution in [1.29, 1.82) is 0 Å². The normalized spacial score (nSPS) is 19.8. The number of nitrogens with zero attached hydrogens (tertiary/aromatic N) is 2. The van der Waals surface area contributed by atoms with Crippen LogP contribution in [0.5, 0.6) is 0 Å². The Morgan fingerprint density at radius 2 is 2.22 bits per heavy atom.